The Balaban J connectivity index is 2.23. The maximum absolute atomic E-state index is 10.2. The molecule has 1 unspecified atom stereocenters. The number of hydrogen-bond donors (Lipinski definition) is 2. The van der Waals surface area contributed by atoms with Crippen LogP contribution < -0.4 is 5.73 Å². The third-order valence-electron chi connectivity index (χ3n) is 2.79. The average molecular weight is 282 g/mol. The molecule has 0 bridgehead atoms. The van der Waals surface area contributed by atoms with Gasteiger partial charge < -0.3 is 10.8 Å². The van der Waals surface area contributed by atoms with Gasteiger partial charge in [-0.3, -0.25) is 0 Å². The summed E-state index contributed by atoms with van der Waals surface area (Å²) in [4.78, 5) is 0. The minimum Gasteiger partial charge on any atom is -0.386 e. The van der Waals surface area contributed by atoms with E-state index in [1.54, 1.807) is 48.5 Å². The van der Waals surface area contributed by atoms with E-state index in [1.165, 1.54) is 0 Å². The largest absolute Gasteiger partial charge is 0.386 e. The van der Waals surface area contributed by atoms with Crippen molar-refractivity contribution < 1.29 is 5.11 Å². The van der Waals surface area contributed by atoms with Crippen molar-refractivity contribution in [2.24, 2.45) is 5.73 Å². The lowest BCUT2D eigenvalue weighted by Crippen LogP contribution is -2.19. The summed E-state index contributed by atoms with van der Waals surface area (Å²) in [6.07, 6.45) is -0.801. The molecule has 0 radical (unpaired) electrons. The van der Waals surface area contributed by atoms with Gasteiger partial charge in [0, 0.05) is 10.0 Å². The molecule has 0 aromatic heterocycles. The van der Waals surface area contributed by atoms with Crippen molar-refractivity contribution in [3.63, 3.8) is 0 Å². The Kier molecular flexibility index (Phi) is 4.25. The second kappa shape index (κ2) is 5.72. The van der Waals surface area contributed by atoms with E-state index in [2.05, 4.69) is 0 Å². The Hall–Kier alpha value is -1.06. The number of hydrogen-bond acceptors (Lipinski definition) is 2. The lowest BCUT2D eigenvalue weighted by molar-refractivity contribution is 0.147. The molecule has 3 N–H and O–H groups in total. The zero-order valence-corrected chi connectivity index (χ0v) is 11.1. The standard InChI is InChI=1S/C14H13Cl2NO/c15-11-6-4-9(5-7-11)13(17)14(18)10-2-1-3-12(16)8-10/h1-8,13-14,18H,17H2/t13?,14-/m0/s1. The number of aliphatic hydroxyl groups is 1. The fourth-order valence-corrected chi connectivity index (χ4v) is 2.09. The highest BCUT2D eigenvalue weighted by atomic mass is 35.5. The number of rotatable bonds is 3. The van der Waals surface area contributed by atoms with Crippen LogP contribution in [0.15, 0.2) is 48.5 Å². The summed E-state index contributed by atoms with van der Waals surface area (Å²) in [7, 11) is 0. The van der Waals surface area contributed by atoms with E-state index in [0.717, 1.165) is 5.56 Å². The van der Waals surface area contributed by atoms with Crippen LogP contribution in [-0.4, -0.2) is 5.11 Å². The third kappa shape index (κ3) is 3.03. The second-order valence-corrected chi connectivity index (χ2v) is 4.95. The summed E-state index contributed by atoms with van der Waals surface area (Å²) in [6, 6.07) is 13.7. The Bertz CT molecular complexity index is 528. The van der Waals surface area contributed by atoms with Crippen LogP contribution in [0, 0.1) is 0 Å². The van der Waals surface area contributed by atoms with Crippen molar-refractivity contribution in [2.75, 3.05) is 0 Å². The summed E-state index contributed by atoms with van der Waals surface area (Å²) in [5.41, 5.74) is 7.56. The second-order valence-electron chi connectivity index (χ2n) is 4.08. The highest BCUT2D eigenvalue weighted by Crippen LogP contribution is 2.28. The lowest BCUT2D eigenvalue weighted by atomic mass is 9.97. The molecule has 0 aliphatic rings. The number of benzene rings is 2. The van der Waals surface area contributed by atoms with Gasteiger partial charge in [-0.2, -0.15) is 0 Å². The lowest BCUT2D eigenvalue weighted by Gasteiger charge is -2.19. The van der Waals surface area contributed by atoms with Gasteiger partial charge in [0.2, 0.25) is 0 Å². The fourth-order valence-electron chi connectivity index (χ4n) is 1.77. The highest BCUT2D eigenvalue weighted by molar-refractivity contribution is 6.30. The van der Waals surface area contributed by atoms with Crippen LogP contribution in [0.4, 0.5) is 0 Å². The first kappa shape index (κ1) is 13.4. The Morgan fingerprint density at radius 2 is 1.56 bits per heavy atom. The highest BCUT2D eigenvalue weighted by Gasteiger charge is 2.18. The minimum atomic E-state index is -0.801. The zero-order chi connectivity index (χ0) is 13.1. The van der Waals surface area contributed by atoms with Gasteiger partial charge >= 0.3 is 0 Å². The van der Waals surface area contributed by atoms with Crippen molar-refractivity contribution in [1.29, 1.82) is 0 Å². The molecule has 0 spiro atoms. The normalized spacial score (nSPS) is 14.2. The molecule has 2 rings (SSSR count). The summed E-state index contributed by atoms with van der Waals surface area (Å²) in [6.45, 7) is 0. The third-order valence-corrected chi connectivity index (χ3v) is 3.27. The fraction of sp³-hybridized carbons (Fsp3) is 0.143. The molecule has 4 heteroatoms. The zero-order valence-electron chi connectivity index (χ0n) is 9.55. The van der Waals surface area contributed by atoms with Gasteiger partial charge in [0.15, 0.2) is 0 Å². The van der Waals surface area contributed by atoms with Crippen LogP contribution in [-0.2, 0) is 0 Å². The molecule has 0 saturated heterocycles. The van der Waals surface area contributed by atoms with E-state index in [4.69, 9.17) is 28.9 Å². The van der Waals surface area contributed by atoms with E-state index < -0.39 is 12.1 Å². The number of aliphatic hydroxyl groups excluding tert-OH is 1. The van der Waals surface area contributed by atoms with E-state index in [9.17, 15) is 5.11 Å². The van der Waals surface area contributed by atoms with Crippen LogP contribution in [0.5, 0.6) is 0 Å². The molecule has 0 fully saturated rings. The summed E-state index contributed by atoms with van der Waals surface area (Å²) < 4.78 is 0. The van der Waals surface area contributed by atoms with E-state index in [-0.39, 0.29) is 0 Å². The van der Waals surface area contributed by atoms with Gasteiger partial charge in [-0.05, 0) is 35.4 Å². The van der Waals surface area contributed by atoms with Gasteiger partial charge in [0.05, 0.1) is 12.1 Å². The molecule has 0 amide bonds. The van der Waals surface area contributed by atoms with E-state index in [0.29, 0.717) is 15.6 Å². The van der Waals surface area contributed by atoms with Gasteiger partial charge in [-0.15, -0.1) is 0 Å². The molecule has 2 aromatic rings. The first-order valence-electron chi connectivity index (χ1n) is 5.52. The number of nitrogens with two attached hydrogens (primary N) is 1. The molecule has 0 saturated carbocycles. The van der Waals surface area contributed by atoms with Crippen molar-refractivity contribution >= 4 is 23.2 Å². The Morgan fingerprint density at radius 1 is 0.889 bits per heavy atom. The van der Waals surface area contributed by atoms with E-state index in [1.807, 2.05) is 0 Å². The quantitative estimate of drug-likeness (QED) is 0.901. The first-order chi connectivity index (χ1) is 8.58. The average Bonchev–Trinajstić information content (AvgIpc) is 2.38. The first-order valence-corrected chi connectivity index (χ1v) is 6.28. The maximum atomic E-state index is 10.2. The summed E-state index contributed by atoms with van der Waals surface area (Å²) in [5.74, 6) is 0. The molecule has 18 heavy (non-hydrogen) atoms. The predicted octanol–water partition coefficient (Wildman–Crippen LogP) is 3.73. The SMILES string of the molecule is NC(c1ccc(Cl)cc1)[C@@H](O)c1cccc(Cl)c1. The van der Waals surface area contributed by atoms with Gasteiger partial charge in [0.1, 0.15) is 0 Å². The Labute approximate surface area is 116 Å². The smallest absolute Gasteiger partial charge is 0.0983 e. The molecule has 2 aromatic carbocycles. The van der Waals surface area contributed by atoms with Gasteiger partial charge in [-0.25, -0.2) is 0 Å². The van der Waals surface area contributed by atoms with Crippen LogP contribution >= 0.6 is 23.2 Å². The van der Waals surface area contributed by atoms with Crippen molar-refractivity contribution in [2.45, 2.75) is 12.1 Å². The van der Waals surface area contributed by atoms with Crippen LogP contribution in [0.2, 0.25) is 10.0 Å². The van der Waals surface area contributed by atoms with Crippen LogP contribution in [0.1, 0.15) is 23.3 Å². The summed E-state index contributed by atoms with van der Waals surface area (Å²) in [5, 5.41) is 11.4. The monoisotopic (exact) mass is 281 g/mol. The van der Waals surface area contributed by atoms with Crippen molar-refractivity contribution in [1.82, 2.24) is 0 Å². The maximum Gasteiger partial charge on any atom is 0.0983 e. The molecule has 94 valence electrons. The summed E-state index contributed by atoms with van der Waals surface area (Å²) >= 11 is 11.7. The molecule has 2 atom stereocenters. The molecule has 2 nitrogen and oxygen atoms in total. The van der Waals surface area contributed by atoms with Crippen molar-refractivity contribution in [3.8, 4) is 0 Å². The predicted molar refractivity (Wildman–Crippen MR) is 74.8 cm³/mol. The molecule has 0 aliphatic heterocycles. The molecular weight excluding hydrogens is 269 g/mol. The Morgan fingerprint density at radius 3 is 2.17 bits per heavy atom. The molecular formula is C14H13Cl2NO. The van der Waals surface area contributed by atoms with Crippen LogP contribution in [0.25, 0.3) is 0 Å². The van der Waals surface area contributed by atoms with Gasteiger partial charge in [-0.1, -0.05) is 47.5 Å². The van der Waals surface area contributed by atoms with Crippen molar-refractivity contribution in [3.05, 3.63) is 69.7 Å². The minimum absolute atomic E-state index is 0.513. The van der Waals surface area contributed by atoms with Gasteiger partial charge in [0.25, 0.3) is 0 Å². The molecule has 0 heterocycles. The topological polar surface area (TPSA) is 46.2 Å². The number of halogens is 2. The van der Waals surface area contributed by atoms with Crippen LogP contribution in [0.3, 0.4) is 0 Å². The van der Waals surface area contributed by atoms with E-state index >= 15 is 0 Å². The molecule has 0 aliphatic carbocycles.